The van der Waals surface area contributed by atoms with Crippen molar-refractivity contribution in [3.8, 4) is 0 Å². The molecule has 1 unspecified atom stereocenters. The zero-order chi connectivity index (χ0) is 9.40. The average molecular weight is 237 g/mol. The zero-order valence-electron chi connectivity index (χ0n) is 7.81. The van der Waals surface area contributed by atoms with Gasteiger partial charge >= 0.3 is 5.97 Å². The molecule has 0 aliphatic rings. The van der Waals surface area contributed by atoms with Crippen LogP contribution in [0.3, 0.4) is 0 Å². The maximum Gasteiger partial charge on any atom is 0.305 e. The average Bonchev–Trinajstić information content (AvgIpc) is 2.10. The maximum absolute atomic E-state index is 11.0. The zero-order valence-corrected chi connectivity index (χ0v) is 9.39. The van der Waals surface area contributed by atoms with Gasteiger partial charge in [0.05, 0.1) is 0 Å². The highest BCUT2D eigenvalue weighted by Gasteiger charge is 2.05. The molecular formula is C9H17BrO2. The van der Waals surface area contributed by atoms with Gasteiger partial charge in [0.25, 0.3) is 0 Å². The monoisotopic (exact) mass is 236 g/mol. The minimum atomic E-state index is -0.0743. The lowest BCUT2D eigenvalue weighted by atomic mass is 10.2. The molecule has 72 valence electrons. The molecule has 0 bridgehead atoms. The van der Waals surface area contributed by atoms with Crippen molar-refractivity contribution in [2.45, 2.75) is 44.4 Å². The lowest BCUT2D eigenvalue weighted by Gasteiger charge is -2.07. The molecule has 0 saturated carbocycles. The summed E-state index contributed by atoms with van der Waals surface area (Å²) in [5.41, 5.74) is 0. The third-order valence-corrected chi connectivity index (χ3v) is 2.51. The molecule has 0 amide bonds. The van der Waals surface area contributed by atoms with Crippen LogP contribution in [0.5, 0.6) is 0 Å². The quantitative estimate of drug-likeness (QED) is 0.524. The standard InChI is InChI=1S/C9H17BrO2/c1-3-5-6-9(11)12-7-8(10)4-2/h8H,3-7H2,1-2H3. The van der Waals surface area contributed by atoms with Crippen LogP contribution in [0.4, 0.5) is 0 Å². The minimum absolute atomic E-state index is 0.0743. The van der Waals surface area contributed by atoms with Gasteiger partial charge in [-0.1, -0.05) is 36.2 Å². The van der Waals surface area contributed by atoms with Crippen molar-refractivity contribution < 1.29 is 9.53 Å². The number of hydrogen-bond acceptors (Lipinski definition) is 2. The molecule has 0 heterocycles. The Morgan fingerprint density at radius 1 is 1.50 bits per heavy atom. The van der Waals surface area contributed by atoms with E-state index in [1.165, 1.54) is 0 Å². The van der Waals surface area contributed by atoms with Gasteiger partial charge in [-0.15, -0.1) is 0 Å². The van der Waals surface area contributed by atoms with Crippen LogP contribution >= 0.6 is 15.9 Å². The van der Waals surface area contributed by atoms with Crippen molar-refractivity contribution in [3.05, 3.63) is 0 Å². The highest BCUT2D eigenvalue weighted by molar-refractivity contribution is 9.09. The second-order valence-electron chi connectivity index (χ2n) is 2.79. The van der Waals surface area contributed by atoms with Crippen LogP contribution in [-0.4, -0.2) is 17.4 Å². The first-order valence-electron chi connectivity index (χ1n) is 4.50. The molecule has 0 aromatic carbocycles. The molecular weight excluding hydrogens is 220 g/mol. The molecule has 0 rings (SSSR count). The summed E-state index contributed by atoms with van der Waals surface area (Å²) in [4.78, 5) is 11.3. The Morgan fingerprint density at radius 3 is 2.67 bits per heavy atom. The highest BCUT2D eigenvalue weighted by atomic mass is 79.9. The van der Waals surface area contributed by atoms with Gasteiger partial charge in [-0.25, -0.2) is 0 Å². The number of unbranched alkanes of at least 4 members (excludes halogenated alkanes) is 1. The second kappa shape index (κ2) is 7.59. The molecule has 2 nitrogen and oxygen atoms in total. The van der Waals surface area contributed by atoms with Gasteiger partial charge in [0, 0.05) is 11.2 Å². The Kier molecular flexibility index (Phi) is 7.56. The van der Waals surface area contributed by atoms with E-state index in [4.69, 9.17) is 4.74 Å². The Morgan fingerprint density at radius 2 is 2.17 bits per heavy atom. The van der Waals surface area contributed by atoms with Gasteiger partial charge in [0.1, 0.15) is 6.61 Å². The van der Waals surface area contributed by atoms with E-state index in [0.29, 0.717) is 17.9 Å². The van der Waals surface area contributed by atoms with E-state index in [-0.39, 0.29) is 5.97 Å². The van der Waals surface area contributed by atoms with Gasteiger partial charge in [0.2, 0.25) is 0 Å². The van der Waals surface area contributed by atoms with Gasteiger partial charge in [0.15, 0.2) is 0 Å². The maximum atomic E-state index is 11.0. The molecule has 0 radical (unpaired) electrons. The van der Waals surface area contributed by atoms with Crippen LogP contribution in [0.1, 0.15) is 39.5 Å². The molecule has 1 atom stereocenters. The molecule has 3 heteroatoms. The summed E-state index contributed by atoms with van der Waals surface area (Å²) in [5, 5.41) is 0. The van der Waals surface area contributed by atoms with Crippen LogP contribution in [0.15, 0.2) is 0 Å². The fourth-order valence-electron chi connectivity index (χ4n) is 0.695. The molecule has 0 spiro atoms. The van der Waals surface area contributed by atoms with Gasteiger partial charge in [-0.05, 0) is 12.8 Å². The number of rotatable bonds is 6. The minimum Gasteiger partial charge on any atom is -0.464 e. The first-order valence-corrected chi connectivity index (χ1v) is 5.42. The predicted octanol–water partition coefficient (Wildman–Crippen LogP) is 2.89. The number of carbonyl (C=O) groups is 1. The topological polar surface area (TPSA) is 26.3 Å². The van der Waals surface area contributed by atoms with E-state index in [9.17, 15) is 4.79 Å². The smallest absolute Gasteiger partial charge is 0.305 e. The Balaban J connectivity index is 3.31. The number of esters is 1. The van der Waals surface area contributed by atoms with E-state index in [0.717, 1.165) is 19.3 Å². The Labute approximate surface area is 82.8 Å². The highest BCUT2D eigenvalue weighted by Crippen LogP contribution is 2.05. The summed E-state index contributed by atoms with van der Waals surface area (Å²) in [5.74, 6) is -0.0743. The van der Waals surface area contributed by atoms with Gasteiger partial charge in [-0.2, -0.15) is 0 Å². The number of halogens is 1. The number of carbonyl (C=O) groups excluding carboxylic acids is 1. The third kappa shape index (κ3) is 6.65. The summed E-state index contributed by atoms with van der Waals surface area (Å²) in [6, 6.07) is 0. The van der Waals surface area contributed by atoms with Crippen LogP contribution in [0, 0.1) is 0 Å². The molecule has 0 aliphatic carbocycles. The van der Waals surface area contributed by atoms with Crippen molar-refractivity contribution in [1.29, 1.82) is 0 Å². The summed E-state index contributed by atoms with van der Waals surface area (Å²) >= 11 is 3.40. The van der Waals surface area contributed by atoms with Crippen molar-refractivity contribution in [2.75, 3.05) is 6.61 Å². The van der Waals surface area contributed by atoms with E-state index >= 15 is 0 Å². The Hall–Kier alpha value is -0.0500. The molecule has 0 N–H and O–H groups in total. The summed E-state index contributed by atoms with van der Waals surface area (Å²) in [6.07, 6.45) is 3.51. The fraction of sp³-hybridized carbons (Fsp3) is 0.889. The number of ether oxygens (including phenoxy) is 1. The van der Waals surface area contributed by atoms with Gasteiger partial charge in [-0.3, -0.25) is 4.79 Å². The molecule has 0 fully saturated rings. The molecule has 0 aromatic heterocycles. The van der Waals surface area contributed by atoms with Crippen LogP contribution in [0.2, 0.25) is 0 Å². The number of alkyl halides is 1. The van der Waals surface area contributed by atoms with Crippen molar-refractivity contribution in [1.82, 2.24) is 0 Å². The summed E-state index contributed by atoms with van der Waals surface area (Å²) < 4.78 is 5.01. The van der Waals surface area contributed by atoms with Crippen molar-refractivity contribution >= 4 is 21.9 Å². The van der Waals surface area contributed by atoms with Crippen LogP contribution in [-0.2, 0) is 9.53 Å². The molecule has 0 aliphatic heterocycles. The molecule has 0 saturated heterocycles. The van der Waals surface area contributed by atoms with Crippen molar-refractivity contribution in [2.24, 2.45) is 0 Å². The van der Waals surface area contributed by atoms with Crippen molar-refractivity contribution in [3.63, 3.8) is 0 Å². The third-order valence-electron chi connectivity index (χ3n) is 1.60. The predicted molar refractivity (Wildman–Crippen MR) is 53.5 cm³/mol. The summed E-state index contributed by atoms with van der Waals surface area (Å²) in [7, 11) is 0. The molecule has 0 aromatic rings. The lowest BCUT2D eigenvalue weighted by Crippen LogP contribution is -2.12. The first kappa shape index (κ1) is 11.9. The largest absolute Gasteiger partial charge is 0.464 e. The van der Waals surface area contributed by atoms with E-state index < -0.39 is 0 Å². The fourth-order valence-corrected chi connectivity index (χ4v) is 0.827. The van der Waals surface area contributed by atoms with E-state index in [2.05, 4.69) is 29.8 Å². The van der Waals surface area contributed by atoms with Crippen LogP contribution in [0.25, 0.3) is 0 Å². The molecule has 12 heavy (non-hydrogen) atoms. The Bertz CT molecular complexity index is 126. The normalized spacial score (nSPS) is 12.6. The first-order chi connectivity index (χ1) is 5.70. The lowest BCUT2D eigenvalue weighted by molar-refractivity contribution is -0.143. The van der Waals surface area contributed by atoms with E-state index in [1.54, 1.807) is 0 Å². The second-order valence-corrected chi connectivity index (χ2v) is 4.09. The van der Waals surface area contributed by atoms with Gasteiger partial charge < -0.3 is 4.74 Å². The van der Waals surface area contributed by atoms with Crippen LogP contribution < -0.4 is 0 Å². The SMILES string of the molecule is CCCCC(=O)OCC(Br)CC. The van der Waals surface area contributed by atoms with E-state index in [1.807, 2.05) is 0 Å². The number of hydrogen-bond donors (Lipinski definition) is 0. The summed E-state index contributed by atoms with van der Waals surface area (Å²) in [6.45, 7) is 4.62.